The van der Waals surface area contributed by atoms with E-state index in [1.54, 1.807) is 24.3 Å². The zero-order valence-corrected chi connectivity index (χ0v) is 15.0. The predicted octanol–water partition coefficient (Wildman–Crippen LogP) is 1.99. The molecule has 0 aliphatic carbocycles. The van der Waals surface area contributed by atoms with Crippen molar-refractivity contribution in [3.8, 4) is 6.07 Å². The van der Waals surface area contributed by atoms with E-state index in [1.807, 2.05) is 28.0 Å². The number of likely N-dealkylation sites (tertiary alicyclic amines) is 2. The second-order valence-electron chi connectivity index (χ2n) is 7.34. The van der Waals surface area contributed by atoms with Crippen LogP contribution in [0.3, 0.4) is 0 Å². The van der Waals surface area contributed by atoms with Crippen molar-refractivity contribution < 1.29 is 4.79 Å². The Morgan fingerprint density at radius 2 is 2.15 bits per heavy atom. The quantitative estimate of drug-likeness (QED) is 0.850. The van der Waals surface area contributed by atoms with Crippen LogP contribution in [0, 0.1) is 17.2 Å². The van der Waals surface area contributed by atoms with E-state index in [1.165, 1.54) is 0 Å². The lowest BCUT2D eigenvalue weighted by molar-refractivity contribution is 0.0607. The molecule has 0 bridgehead atoms. The minimum absolute atomic E-state index is 0.0751. The summed E-state index contributed by atoms with van der Waals surface area (Å²) in [5.74, 6) is 0.586. The van der Waals surface area contributed by atoms with E-state index in [0.29, 0.717) is 29.1 Å². The summed E-state index contributed by atoms with van der Waals surface area (Å²) in [5, 5.41) is 13.2. The van der Waals surface area contributed by atoms with E-state index >= 15 is 0 Å². The Balaban J connectivity index is 1.42. The lowest BCUT2D eigenvalue weighted by Crippen LogP contribution is -2.47. The fourth-order valence-corrected chi connectivity index (χ4v) is 4.46. The first-order chi connectivity index (χ1) is 12.7. The van der Waals surface area contributed by atoms with Gasteiger partial charge >= 0.3 is 0 Å². The fraction of sp³-hybridized carbons (Fsp3) is 0.450. The van der Waals surface area contributed by atoms with Gasteiger partial charge in [0, 0.05) is 43.1 Å². The summed E-state index contributed by atoms with van der Waals surface area (Å²) in [7, 11) is 2.21. The van der Waals surface area contributed by atoms with Crippen molar-refractivity contribution in [3.63, 3.8) is 0 Å². The van der Waals surface area contributed by atoms with Crippen LogP contribution in [-0.2, 0) is 6.54 Å². The van der Waals surface area contributed by atoms with Gasteiger partial charge in [-0.2, -0.15) is 10.4 Å². The molecule has 2 aromatic rings. The maximum Gasteiger partial charge on any atom is 0.253 e. The molecule has 2 saturated heterocycles. The maximum absolute atomic E-state index is 12.8. The molecule has 6 nitrogen and oxygen atoms in total. The van der Waals surface area contributed by atoms with Gasteiger partial charge in [0.15, 0.2) is 0 Å². The van der Waals surface area contributed by atoms with Crippen LogP contribution >= 0.6 is 0 Å². The highest BCUT2D eigenvalue weighted by atomic mass is 16.2. The number of aromatic nitrogens is 2. The van der Waals surface area contributed by atoms with Gasteiger partial charge in [-0.3, -0.25) is 14.4 Å². The van der Waals surface area contributed by atoms with E-state index in [9.17, 15) is 4.79 Å². The standard InChI is InChI=1S/C20H23N5O/c1-23-18(14-25-9-2-8-22-25)11-17-13-24(10-7-19(17)23)20(26)16-5-3-15(12-21)4-6-16/h2-6,8-9,17-19H,7,10-11,13-14H2,1H3/t17-,18+,19+/m0/s1. The predicted molar refractivity (Wildman–Crippen MR) is 97.4 cm³/mol. The number of nitrogens with zero attached hydrogens (tertiary/aromatic N) is 5. The molecule has 1 amide bonds. The maximum atomic E-state index is 12.8. The molecule has 4 rings (SSSR count). The van der Waals surface area contributed by atoms with Gasteiger partial charge in [-0.05, 0) is 56.1 Å². The zero-order chi connectivity index (χ0) is 18.1. The Kier molecular flexibility index (Phi) is 4.48. The average molecular weight is 349 g/mol. The number of fused-ring (bicyclic) bond motifs is 1. The van der Waals surface area contributed by atoms with Crippen LogP contribution in [0.1, 0.15) is 28.8 Å². The van der Waals surface area contributed by atoms with Gasteiger partial charge in [-0.1, -0.05) is 0 Å². The van der Waals surface area contributed by atoms with Crippen molar-refractivity contribution in [2.24, 2.45) is 5.92 Å². The molecule has 0 N–H and O–H groups in total. The third-order valence-corrected chi connectivity index (χ3v) is 5.87. The normalized spacial score (nSPS) is 25.7. The van der Waals surface area contributed by atoms with E-state index in [0.717, 1.165) is 32.5 Å². The summed E-state index contributed by atoms with van der Waals surface area (Å²) in [4.78, 5) is 17.3. The van der Waals surface area contributed by atoms with Crippen LogP contribution < -0.4 is 0 Å². The summed E-state index contributed by atoms with van der Waals surface area (Å²) in [5.41, 5.74) is 1.25. The van der Waals surface area contributed by atoms with Crippen molar-refractivity contribution in [1.82, 2.24) is 19.6 Å². The molecule has 0 spiro atoms. The topological polar surface area (TPSA) is 65.2 Å². The van der Waals surface area contributed by atoms with Crippen LogP contribution in [-0.4, -0.2) is 57.7 Å². The largest absolute Gasteiger partial charge is 0.338 e. The Bertz CT molecular complexity index is 808. The number of likely N-dealkylation sites (N-methyl/N-ethyl adjacent to an activating group) is 1. The number of hydrogen-bond acceptors (Lipinski definition) is 4. The number of hydrogen-bond donors (Lipinski definition) is 0. The van der Waals surface area contributed by atoms with E-state index in [4.69, 9.17) is 5.26 Å². The van der Waals surface area contributed by atoms with Crippen molar-refractivity contribution in [2.75, 3.05) is 20.1 Å². The number of amides is 1. The molecule has 1 aromatic heterocycles. The second-order valence-corrected chi connectivity index (χ2v) is 7.34. The molecule has 0 saturated carbocycles. The lowest BCUT2D eigenvalue weighted by atomic mass is 9.91. The van der Waals surface area contributed by atoms with Crippen LogP contribution in [0.2, 0.25) is 0 Å². The summed E-state index contributed by atoms with van der Waals surface area (Å²) in [6, 6.07) is 12.0. The molecule has 3 atom stereocenters. The fourth-order valence-electron chi connectivity index (χ4n) is 4.46. The first-order valence-corrected chi connectivity index (χ1v) is 9.14. The Labute approximate surface area is 153 Å². The Hall–Kier alpha value is -2.65. The first kappa shape index (κ1) is 16.8. The van der Waals surface area contributed by atoms with Gasteiger partial charge < -0.3 is 4.90 Å². The van der Waals surface area contributed by atoms with Gasteiger partial charge in [-0.25, -0.2) is 0 Å². The van der Waals surface area contributed by atoms with Crippen molar-refractivity contribution in [2.45, 2.75) is 31.5 Å². The number of piperidine rings is 1. The molecule has 1 aromatic carbocycles. The summed E-state index contributed by atoms with van der Waals surface area (Å²) < 4.78 is 2.00. The smallest absolute Gasteiger partial charge is 0.253 e. The highest BCUT2D eigenvalue weighted by molar-refractivity contribution is 5.94. The zero-order valence-electron chi connectivity index (χ0n) is 15.0. The highest BCUT2D eigenvalue weighted by Crippen LogP contribution is 2.35. The molecule has 2 aliphatic rings. The molecule has 0 unspecified atom stereocenters. The van der Waals surface area contributed by atoms with Crippen molar-refractivity contribution >= 4 is 5.91 Å². The number of carbonyl (C=O) groups excluding carboxylic acids is 1. The molecule has 26 heavy (non-hydrogen) atoms. The molecule has 0 radical (unpaired) electrons. The molecule has 3 heterocycles. The molecular formula is C20H23N5O. The van der Waals surface area contributed by atoms with Gasteiger partial charge in [0.1, 0.15) is 0 Å². The molecule has 134 valence electrons. The summed E-state index contributed by atoms with van der Waals surface area (Å²) >= 11 is 0. The van der Waals surface area contributed by atoms with E-state index < -0.39 is 0 Å². The van der Waals surface area contributed by atoms with E-state index in [2.05, 4.69) is 23.1 Å². The minimum Gasteiger partial charge on any atom is -0.338 e. The second kappa shape index (κ2) is 6.93. The third-order valence-electron chi connectivity index (χ3n) is 5.87. The molecular weight excluding hydrogens is 326 g/mol. The van der Waals surface area contributed by atoms with E-state index in [-0.39, 0.29) is 5.91 Å². The van der Waals surface area contributed by atoms with Gasteiger partial charge in [0.2, 0.25) is 0 Å². The number of carbonyl (C=O) groups is 1. The van der Waals surface area contributed by atoms with Gasteiger partial charge in [0.05, 0.1) is 18.2 Å². The minimum atomic E-state index is 0.0751. The number of benzene rings is 1. The molecule has 2 aliphatic heterocycles. The van der Waals surface area contributed by atoms with Crippen LogP contribution in [0.4, 0.5) is 0 Å². The van der Waals surface area contributed by atoms with Crippen LogP contribution in [0.15, 0.2) is 42.7 Å². The first-order valence-electron chi connectivity index (χ1n) is 9.14. The summed E-state index contributed by atoms with van der Waals surface area (Å²) in [6.07, 6.45) is 5.94. The van der Waals surface area contributed by atoms with Crippen molar-refractivity contribution in [3.05, 3.63) is 53.9 Å². The number of nitriles is 1. The summed E-state index contributed by atoms with van der Waals surface area (Å²) in [6.45, 7) is 2.50. The Morgan fingerprint density at radius 1 is 1.35 bits per heavy atom. The van der Waals surface area contributed by atoms with Crippen LogP contribution in [0.5, 0.6) is 0 Å². The van der Waals surface area contributed by atoms with Gasteiger partial charge in [0.25, 0.3) is 5.91 Å². The SMILES string of the molecule is CN1[C@@H](Cn2cccn2)C[C@H]2CN(C(=O)c3ccc(C#N)cc3)CC[C@H]21. The van der Waals surface area contributed by atoms with Crippen LogP contribution in [0.25, 0.3) is 0 Å². The lowest BCUT2D eigenvalue weighted by Gasteiger charge is -2.37. The monoisotopic (exact) mass is 349 g/mol. The Morgan fingerprint density at radius 3 is 2.85 bits per heavy atom. The van der Waals surface area contributed by atoms with Crippen molar-refractivity contribution in [1.29, 1.82) is 5.26 Å². The highest BCUT2D eigenvalue weighted by Gasteiger charge is 2.42. The average Bonchev–Trinajstić information content (AvgIpc) is 3.29. The molecule has 6 heteroatoms. The number of rotatable bonds is 3. The third kappa shape index (κ3) is 3.11. The van der Waals surface area contributed by atoms with Gasteiger partial charge in [-0.15, -0.1) is 0 Å². The molecule has 2 fully saturated rings.